The molecule has 14 heavy (non-hydrogen) atoms. The number of piperidine rings is 1. The molecular formula is C11H22N2O. The van der Waals surface area contributed by atoms with Crippen molar-refractivity contribution in [2.24, 2.45) is 0 Å². The van der Waals surface area contributed by atoms with Crippen LogP contribution in [0.15, 0.2) is 0 Å². The van der Waals surface area contributed by atoms with Crippen molar-refractivity contribution < 1.29 is 5.11 Å². The number of fused-ring (bicyclic) bond motifs is 1. The van der Waals surface area contributed by atoms with E-state index in [0.717, 1.165) is 12.6 Å². The SMILES string of the molecule is C[C@H](O)CNC1CCN2CCCCC12. The fraction of sp³-hybridized carbons (Fsp3) is 1.00. The summed E-state index contributed by atoms with van der Waals surface area (Å²) in [7, 11) is 0. The van der Waals surface area contributed by atoms with Crippen molar-refractivity contribution in [3.05, 3.63) is 0 Å². The van der Waals surface area contributed by atoms with Crippen LogP contribution in [0.4, 0.5) is 0 Å². The van der Waals surface area contributed by atoms with Gasteiger partial charge in [-0.25, -0.2) is 0 Å². The van der Waals surface area contributed by atoms with Crippen molar-refractivity contribution in [1.82, 2.24) is 10.2 Å². The van der Waals surface area contributed by atoms with Crippen LogP contribution < -0.4 is 5.32 Å². The van der Waals surface area contributed by atoms with Gasteiger partial charge in [-0.05, 0) is 32.7 Å². The summed E-state index contributed by atoms with van der Waals surface area (Å²) in [5, 5.41) is 12.7. The maximum absolute atomic E-state index is 9.23. The van der Waals surface area contributed by atoms with Crippen LogP contribution in [0.3, 0.4) is 0 Å². The summed E-state index contributed by atoms with van der Waals surface area (Å²) in [6, 6.07) is 1.38. The van der Waals surface area contributed by atoms with Gasteiger partial charge in [0.1, 0.15) is 0 Å². The van der Waals surface area contributed by atoms with Gasteiger partial charge in [0.15, 0.2) is 0 Å². The molecule has 3 nitrogen and oxygen atoms in total. The van der Waals surface area contributed by atoms with Gasteiger partial charge in [0.05, 0.1) is 6.10 Å². The lowest BCUT2D eigenvalue weighted by atomic mass is 9.99. The zero-order chi connectivity index (χ0) is 9.97. The Morgan fingerprint density at radius 2 is 2.21 bits per heavy atom. The molecule has 3 atom stereocenters. The van der Waals surface area contributed by atoms with E-state index in [4.69, 9.17) is 0 Å². The summed E-state index contributed by atoms with van der Waals surface area (Å²) in [6.45, 7) is 5.13. The molecule has 0 bridgehead atoms. The van der Waals surface area contributed by atoms with Gasteiger partial charge in [-0.3, -0.25) is 4.90 Å². The van der Waals surface area contributed by atoms with Crippen molar-refractivity contribution in [3.8, 4) is 0 Å². The van der Waals surface area contributed by atoms with Crippen molar-refractivity contribution in [1.29, 1.82) is 0 Å². The molecule has 0 aromatic heterocycles. The number of nitrogens with zero attached hydrogens (tertiary/aromatic N) is 1. The summed E-state index contributed by atoms with van der Waals surface area (Å²) < 4.78 is 0. The summed E-state index contributed by atoms with van der Waals surface area (Å²) >= 11 is 0. The van der Waals surface area contributed by atoms with Crippen molar-refractivity contribution >= 4 is 0 Å². The fourth-order valence-electron chi connectivity index (χ4n) is 2.81. The van der Waals surface area contributed by atoms with Crippen molar-refractivity contribution in [2.45, 2.75) is 50.8 Å². The molecule has 0 aromatic carbocycles. The van der Waals surface area contributed by atoms with Gasteiger partial charge < -0.3 is 10.4 Å². The second-order valence-corrected chi connectivity index (χ2v) is 4.75. The largest absolute Gasteiger partial charge is 0.392 e. The van der Waals surface area contributed by atoms with Gasteiger partial charge in [-0.15, -0.1) is 0 Å². The highest BCUT2D eigenvalue weighted by molar-refractivity contribution is 4.93. The van der Waals surface area contributed by atoms with Crippen molar-refractivity contribution in [2.75, 3.05) is 19.6 Å². The molecule has 2 aliphatic heterocycles. The second-order valence-electron chi connectivity index (χ2n) is 4.75. The Labute approximate surface area is 86.5 Å². The third-order valence-electron chi connectivity index (χ3n) is 3.53. The average Bonchev–Trinajstić information content (AvgIpc) is 2.58. The number of aliphatic hydroxyl groups is 1. The van der Waals surface area contributed by atoms with E-state index in [1.807, 2.05) is 6.92 Å². The molecule has 82 valence electrons. The molecule has 2 fully saturated rings. The Hall–Kier alpha value is -0.120. The van der Waals surface area contributed by atoms with Crippen LogP contribution in [-0.2, 0) is 0 Å². The highest BCUT2D eigenvalue weighted by atomic mass is 16.3. The lowest BCUT2D eigenvalue weighted by molar-refractivity contribution is 0.159. The van der Waals surface area contributed by atoms with E-state index in [1.165, 1.54) is 38.8 Å². The van der Waals surface area contributed by atoms with Gasteiger partial charge >= 0.3 is 0 Å². The fourth-order valence-corrected chi connectivity index (χ4v) is 2.81. The highest BCUT2D eigenvalue weighted by Gasteiger charge is 2.34. The number of hydrogen-bond acceptors (Lipinski definition) is 3. The molecule has 0 aliphatic carbocycles. The van der Waals surface area contributed by atoms with E-state index in [1.54, 1.807) is 0 Å². The molecule has 3 heteroatoms. The minimum Gasteiger partial charge on any atom is -0.392 e. The molecule has 0 amide bonds. The monoisotopic (exact) mass is 198 g/mol. The van der Waals surface area contributed by atoms with Crippen LogP contribution in [0.2, 0.25) is 0 Å². The Bertz CT molecular complexity index is 184. The van der Waals surface area contributed by atoms with Gasteiger partial charge in [-0.1, -0.05) is 6.42 Å². The van der Waals surface area contributed by atoms with Crippen LogP contribution in [-0.4, -0.2) is 47.8 Å². The number of rotatable bonds is 3. The first-order chi connectivity index (χ1) is 6.77. The smallest absolute Gasteiger partial charge is 0.0636 e. The summed E-state index contributed by atoms with van der Waals surface area (Å²) in [6.07, 6.45) is 5.15. The molecule has 2 heterocycles. The Balaban J connectivity index is 1.81. The normalized spacial score (nSPS) is 35.6. The Kier molecular flexibility index (Phi) is 3.42. The van der Waals surface area contributed by atoms with Crippen molar-refractivity contribution in [3.63, 3.8) is 0 Å². The zero-order valence-electron chi connectivity index (χ0n) is 9.08. The van der Waals surface area contributed by atoms with Gasteiger partial charge in [-0.2, -0.15) is 0 Å². The number of aliphatic hydroxyl groups excluding tert-OH is 1. The van der Waals surface area contributed by atoms with E-state index in [2.05, 4.69) is 10.2 Å². The molecule has 2 N–H and O–H groups in total. The summed E-state index contributed by atoms with van der Waals surface area (Å²) in [5.41, 5.74) is 0. The standard InChI is InChI=1S/C11H22N2O/c1-9(14)8-12-10-5-7-13-6-3-2-4-11(10)13/h9-12,14H,2-8H2,1H3/t9-,10?,11?/m0/s1. The summed E-state index contributed by atoms with van der Waals surface area (Å²) in [5.74, 6) is 0. The topological polar surface area (TPSA) is 35.5 Å². The molecule has 2 saturated heterocycles. The first kappa shape index (κ1) is 10.4. The second kappa shape index (κ2) is 4.60. The number of nitrogens with one attached hydrogen (secondary N) is 1. The first-order valence-electron chi connectivity index (χ1n) is 5.93. The first-order valence-corrected chi connectivity index (χ1v) is 5.93. The Morgan fingerprint density at radius 1 is 1.36 bits per heavy atom. The third kappa shape index (κ3) is 2.27. The van der Waals surface area contributed by atoms with Crippen LogP contribution >= 0.6 is 0 Å². The predicted octanol–water partition coefficient (Wildman–Crippen LogP) is 0.584. The minimum absolute atomic E-state index is 0.215. The Morgan fingerprint density at radius 3 is 3.00 bits per heavy atom. The third-order valence-corrected chi connectivity index (χ3v) is 3.53. The van der Waals surface area contributed by atoms with Crippen LogP contribution in [0.1, 0.15) is 32.6 Å². The molecule has 0 radical (unpaired) electrons. The summed E-state index contributed by atoms with van der Waals surface area (Å²) in [4.78, 5) is 2.61. The predicted molar refractivity (Wildman–Crippen MR) is 57.3 cm³/mol. The van der Waals surface area contributed by atoms with Gasteiger partial charge in [0, 0.05) is 25.2 Å². The van der Waals surface area contributed by atoms with Crippen LogP contribution in [0, 0.1) is 0 Å². The minimum atomic E-state index is -0.215. The maximum Gasteiger partial charge on any atom is 0.0636 e. The molecule has 0 spiro atoms. The van der Waals surface area contributed by atoms with E-state index in [9.17, 15) is 5.11 Å². The van der Waals surface area contributed by atoms with Crippen LogP contribution in [0.5, 0.6) is 0 Å². The molecule has 2 aliphatic rings. The quantitative estimate of drug-likeness (QED) is 0.696. The number of hydrogen-bond donors (Lipinski definition) is 2. The highest BCUT2D eigenvalue weighted by Crippen LogP contribution is 2.26. The zero-order valence-corrected chi connectivity index (χ0v) is 9.08. The van der Waals surface area contributed by atoms with Gasteiger partial charge in [0.25, 0.3) is 0 Å². The van der Waals surface area contributed by atoms with E-state index in [0.29, 0.717) is 6.04 Å². The lowest BCUT2D eigenvalue weighted by Gasteiger charge is -2.32. The van der Waals surface area contributed by atoms with E-state index < -0.39 is 0 Å². The van der Waals surface area contributed by atoms with E-state index in [-0.39, 0.29) is 6.10 Å². The lowest BCUT2D eigenvalue weighted by Crippen LogP contribution is -2.46. The molecule has 2 unspecified atom stereocenters. The average molecular weight is 198 g/mol. The maximum atomic E-state index is 9.23. The molecule has 2 rings (SSSR count). The van der Waals surface area contributed by atoms with E-state index >= 15 is 0 Å². The van der Waals surface area contributed by atoms with Crippen LogP contribution in [0.25, 0.3) is 0 Å². The molecular weight excluding hydrogens is 176 g/mol. The molecule has 0 aromatic rings. The van der Waals surface area contributed by atoms with Gasteiger partial charge in [0.2, 0.25) is 0 Å². The molecule has 0 saturated carbocycles.